The highest BCUT2D eigenvalue weighted by atomic mass is 16.5. The number of carbonyl (C=O) groups excluding carboxylic acids is 2. The molecule has 0 fully saturated rings. The Hall–Kier alpha value is -3.87. The number of aromatic nitrogens is 1. The van der Waals surface area contributed by atoms with Crippen LogP contribution in [0.25, 0.3) is 5.57 Å². The van der Waals surface area contributed by atoms with Crippen LogP contribution in [0.2, 0.25) is 0 Å². The number of furan rings is 1. The fourth-order valence-electron chi connectivity index (χ4n) is 3.89. The average Bonchev–Trinajstić information content (AvgIpc) is 3.43. The van der Waals surface area contributed by atoms with E-state index in [0.29, 0.717) is 41.4 Å². The van der Waals surface area contributed by atoms with Gasteiger partial charge in [0.1, 0.15) is 17.2 Å². The van der Waals surface area contributed by atoms with E-state index in [1.54, 1.807) is 37.7 Å². The molecular formula is C25H25N3O4. The van der Waals surface area contributed by atoms with Crippen molar-refractivity contribution in [3.05, 3.63) is 89.8 Å². The molecule has 7 heteroatoms. The van der Waals surface area contributed by atoms with E-state index in [1.807, 2.05) is 42.2 Å². The standard InChI is InChI=1S/C25H25N3O4/c1-3-27(15-12-18-10-13-26-14-11-18)23-22(20-8-4-5-9-21(20)31-2)24(29)28(25(23)30)17-19-7-6-16-32-19/h4-11,13-14,16H,3,12,15,17H2,1-2H3. The first kappa shape index (κ1) is 21.4. The molecule has 0 saturated carbocycles. The highest BCUT2D eigenvalue weighted by Gasteiger charge is 2.42. The van der Waals surface area contributed by atoms with Gasteiger partial charge in [-0.3, -0.25) is 19.5 Å². The zero-order valence-corrected chi connectivity index (χ0v) is 18.2. The van der Waals surface area contributed by atoms with Gasteiger partial charge in [0.05, 0.1) is 25.5 Å². The van der Waals surface area contributed by atoms with Gasteiger partial charge in [0, 0.05) is 31.0 Å². The lowest BCUT2D eigenvalue weighted by molar-refractivity contribution is -0.138. The van der Waals surface area contributed by atoms with Crippen molar-refractivity contribution in [1.82, 2.24) is 14.8 Å². The van der Waals surface area contributed by atoms with E-state index in [1.165, 1.54) is 11.2 Å². The SMILES string of the molecule is CCN(CCc1ccncc1)C1=C(c2ccccc2OC)C(=O)N(Cc2ccco2)C1=O. The molecule has 2 aromatic heterocycles. The minimum atomic E-state index is -0.353. The number of imide groups is 1. The fraction of sp³-hybridized carbons (Fsp3) is 0.240. The molecule has 0 saturated heterocycles. The van der Waals surface area contributed by atoms with Crippen molar-refractivity contribution in [2.24, 2.45) is 0 Å². The summed E-state index contributed by atoms with van der Waals surface area (Å²) in [6.45, 7) is 3.22. The second-order valence-electron chi connectivity index (χ2n) is 7.38. The van der Waals surface area contributed by atoms with E-state index in [0.717, 1.165) is 12.0 Å². The maximum Gasteiger partial charge on any atom is 0.278 e. The first-order chi connectivity index (χ1) is 15.6. The number of amides is 2. The topological polar surface area (TPSA) is 75.9 Å². The number of likely N-dealkylation sites (N-methyl/N-ethyl adjacent to an activating group) is 1. The van der Waals surface area contributed by atoms with Gasteiger partial charge in [-0.2, -0.15) is 0 Å². The molecule has 4 rings (SSSR count). The third kappa shape index (κ3) is 4.14. The quantitative estimate of drug-likeness (QED) is 0.483. The molecular weight excluding hydrogens is 406 g/mol. The Morgan fingerprint density at radius 3 is 2.50 bits per heavy atom. The molecule has 3 aromatic rings. The van der Waals surface area contributed by atoms with Gasteiger partial charge in [0.2, 0.25) is 0 Å². The molecule has 1 aliphatic heterocycles. The Balaban J connectivity index is 1.74. The maximum absolute atomic E-state index is 13.6. The van der Waals surface area contributed by atoms with Crippen LogP contribution in [-0.2, 0) is 22.6 Å². The minimum absolute atomic E-state index is 0.0781. The summed E-state index contributed by atoms with van der Waals surface area (Å²) in [6.07, 6.45) is 5.75. The van der Waals surface area contributed by atoms with Gasteiger partial charge in [-0.05, 0) is 49.2 Å². The van der Waals surface area contributed by atoms with Crippen molar-refractivity contribution in [3.63, 3.8) is 0 Å². The Morgan fingerprint density at radius 1 is 1.03 bits per heavy atom. The molecule has 0 bridgehead atoms. The monoisotopic (exact) mass is 431 g/mol. The van der Waals surface area contributed by atoms with Crippen LogP contribution in [0.5, 0.6) is 5.75 Å². The van der Waals surface area contributed by atoms with Crippen LogP contribution in [0.1, 0.15) is 23.8 Å². The number of benzene rings is 1. The molecule has 1 aromatic carbocycles. The Bertz CT molecular complexity index is 1120. The van der Waals surface area contributed by atoms with Gasteiger partial charge in [0.15, 0.2) is 0 Å². The van der Waals surface area contributed by atoms with E-state index in [4.69, 9.17) is 9.15 Å². The van der Waals surface area contributed by atoms with Crippen LogP contribution < -0.4 is 4.74 Å². The third-order valence-electron chi connectivity index (χ3n) is 5.53. The van der Waals surface area contributed by atoms with Crippen LogP contribution in [0, 0.1) is 0 Å². The van der Waals surface area contributed by atoms with Crippen LogP contribution in [-0.4, -0.2) is 46.8 Å². The smallest absolute Gasteiger partial charge is 0.278 e. The summed E-state index contributed by atoms with van der Waals surface area (Å²) in [5, 5.41) is 0. The number of pyridine rings is 1. The Morgan fingerprint density at radius 2 is 1.81 bits per heavy atom. The van der Waals surface area contributed by atoms with E-state index in [9.17, 15) is 9.59 Å². The highest BCUT2D eigenvalue weighted by molar-refractivity contribution is 6.35. The van der Waals surface area contributed by atoms with Crippen molar-refractivity contribution >= 4 is 17.4 Å². The van der Waals surface area contributed by atoms with Crippen molar-refractivity contribution in [2.45, 2.75) is 19.9 Å². The Labute approximate surface area is 186 Å². The van der Waals surface area contributed by atoms with Gasteiger partial charge in [-0.1, -0.05) is 18.2 Å². The van der Waals surface area contributed by atoms with Crippen molar-refractivity contribution in [1.29, 1.82) is 0 Å². The lowest BCUT2D eigenvalue weighted by Gasteiger charge is -2.25. The number of para-hydroxylation sites is 1. The van der Waals surface area contributed by atoms with Gasteiger partial charge in [-0.15, -0.1) is 0 Å². The second-order valence-corrected chi connectivity index (χ2v) is 7.38. The first-order valence-corrected chi connectivity index (χ1v) is 10.5. The lowest BCUT2D eigenvalue weighted by Crippen LogP contribution is -2.35. The van der Waals surface area contributed by atoms with Gasteiger partial charge in [0.25, 0.3) is 11.8 Å². The molecule has 0 atom stereocenters. The predicted molar refractivity (Wildman–Crippen MR) is 119 cm³/mol. The first-order valence-electron chi connectivity index (χ1n) is 10.5. The number of nitrogens with zero attached hydrogens (tertiary/aromatic N) is 3. The van der Waals surface area contributed by atoms with E-state index >= 15 is 0 Å². The maximum atomic E-state index is 13.6. The van der Waals surface area contributed by atoms with Crippen LogP contribution in [0.4, 0.5) is 0 Å². The van der Waals surface area contributed by atoms with Crippen LogP contribution in [0.15, 0.2) is 77.3 Å². The zero-order valence-electron chi connectivity index (χ0n) is 18.2. The summed E-state index contributed by atoms with van der Waals surface area (Å²) in [4.78, 5) is 34.3. The van der Waals surface area contributed by atoms with Crippen LogP contribution in [0.3, 0.4) is 0 Å². The molecule has 0 unspecified atom stereocenters. The molecule has 7 nitrogen and oxygen atoms in total. The summed E-state index contributed by atoms with van der Waals surface area (Å²) in [5.74, 6) is 0.412. The summed E-state index contributed by atoms with van der Waals surface area (Å²) in [7, 11) is 1.56. The molecule has 32 heavy (non-hydrogen) atoms. The fourth-order valence-corrected chi connectivity index (χ4v) is 3.89. The van der Waals surface area contributed by atoms with Gasteiger partial charge >= 0.3 is 0 Å². The molecule has 164 valence electrons. The highest BCUT2D eigenvalue weighted by Crippen LogP contribution is 2.36. The van der Waals surface area contributed by atoms with E-state index < -0.39 is 0 Å². The number of hydrogen-bond donors (Lipinski definition) is 0. The van der Waals surface area contributed by atoms with Crippen molar-refractivity contribution in [3.8, 4) is 5.75 Å². The minimum Gasteiger partial charge on any atom is -0.496 e. The van der Waals surface area contributed by atoms with E-state index in [-0.39, 0.29) is 18.4 Å². The van der Waals surface area contributed by atoms with Gasteiger partial charge in [-0.25, -0.2) is 0 Å². The molecule has 0 N–H and O–H groups in total. The van der Waals surface area contributed by atoms with Crippen LogP contribution >= 0.6 is 0 Å². The summed E-state index contributed by atoms with van der Waals surface area (Å²) < 4.78 is 10.9. The molecule has 0 aliphatic carbocycles. The summed E-state index contributed by atoms with van der Waals surface area (Å²) in [5.41, 5.74) is 2.47. The summed E-state index contributed by atoms with van der Waals surface area (Å²) in [6, 6.07) is 14.7. The molecule has 1 aliphatic rings. The summed E-state index contributed by atoms with van der Waals surface area (Å²) >= 11 is 0. The Kier molecular flexibility index (Phi) is 6.35. The molecule has 2 amide bonds. The predicted octanol–water partition coefficient (Wildman–Crippen LogP) is 3.53. The number of ether oxygens (including phenoxy) is 1. The van der Waals surface area contributed by atoms with Crippen molar-refractivity contribution < 1.29 is 18.7 Å². The second kappa shape index (κ2) is 9.51. The zero-order chi connectivity index (χ0) is 22.5. The van der Waals surface area contributed by atoms with Crippen molar-refractivity contribution in [2.75, 3.05) is 20.2 Å². The normalized spacial score (nSPS) is 13.8. The number of hydrogen-bond acceptors (Lipinski definition) is 6. The lowest BCUT2D eigenvalue weighted by atomic mass is 10.0. The third-order valence-corrected chi connectivity index (χ3v) is 5.53. The number of carbonyl (C=O) groups is 2. The molecule has 0 radical (unpaired) electrons. The average molecular weight is 431 g/mol. The largest absolute Gasteiger partial charge is 0.496 e. The molecule has 3 heterocycles. The molecule has 0 spiro atoms. The number of rotatable bonds is 9. The van der Waals surface area contributed by atoms with E-state index in [2.05, 4.69) is 4.98 Å². The number of methoxy groups -OCH3 is 1. The van der Waals surface area contributed by atoms with Gasteiger partial charge < -0.3 is 14.1 Å².